The number of hydrogen-bond acceptors (Lipinski definition) is 5. The van der Waals surface area contributed by atoms with Crippen molar-refractivity contribution >= 4 is 15.7 Å². The van der Waals surface area contributed by atoms with Gasteiger partial charge in [-0.25, -0.2) is 8.42 Å². The zero-order valence-electron chi connectivity index (χ0n) is 10.8. The molecular weight excluding hydrogens is 256 g/mol. The number of aliphatic hydroxyl groups is 1. The van der Waals surface area contributed by atoms with Crippen LogP contribution in [0.5, 0.6) is 0 Å². The monoisotopic (exact) mass is 278 g/mol. The molecule has 6 nitrogen and oxygen atoms in total. The van der Waals surface area contributed by atoms with Crippen LogP contribution in [0, 0.1) is 0 Å². The van der Waals surface area contributed by atoms with Crippen LogP contribution in [0.3, 0.4) is 0 Å². The Morgan fingerprint density at radius 2 is 2.22 bits per heavy atom. The highest BCUT2D eigenvalue weighted by Crippen LogP contribution is 2.11. The Hall–Kier alpha value is -0.660. The predicted molar refractivity (Wildman–Crippen MR) is 69.0 cm³/mol. The molecule has 1 rings (SSSR count). The van der Waals surface area contributed by atoms with Gasteiger partial charge in [-0.2, -0.15) is 0 Å². The predicted octanol–water partition coefficient (Wildman–Crippen LogP) is -1.01. The van der Waals surface area contributed by atoms with Crippen LogP contribution in [-0.4, -0.2) is 68.1 Å². The molecule has 2 N–H and O–H groups in total. The number of rotatable bonds is 7. The maximum atomic E-state index is 11.7. The van der Waals surface area contributed by atoms with Crippen molar-refractivity contribution in [1.29, 1.82) is 0 Å². The summed E-state index contributed by atoms with van der Waals surface area (Å²) in [6.07, 6.45) is 1.15. The second-order valence-electron chi connectivity index (χ2n) is 4.61. The van der Waals surface area contributed by atoms with E-state index in [1.54, 1.807) is 0 Å². The average Bonchev–Trinajstić information content (AvgIpc) is 2.63. The van der Waals surface area contributed by atoms with Gasteiger partial charge in [-0.1, -0.05) is 6.92 Å². The molecule has 1 atom stereocenters. The third kappa shape index (κ3) is 5.32. The van der Waals surface area contributed by atoms with Crippen molar-refractivity contribution in [2.24, 2.45) is 0 Å². The smallest absolute Gasteiger partial charge is 0.234 e. The minimum Gasteiger partial charge on any atom is -0.396 e. The molecule has 0 aromatic carbocycles. The van der Waals surface area contributed by atoms with Crippen LogP contribution >= 0.6 is 0 Å². The number of carbonyl (C=O) groups is 1. The largest absolute Gasteiger partial charge is 0.396 e. The summed E-state index contributed by atoms with van der Waals surface area (Å²) in [5.74, 6) is 0.0819. The van der Waals surface area contributed by atoms with Crippen molar-refractivity contribution in [3.63, 3.8) is 0 Å². The summed E-state index contributed by atoms with van der Waals surface area (Å²) >= 11 is 0. The molecule has 1 saturated heterocycles. The third-order valence-electron chi connectivity index (χ3n) is 3.04. The first kappa shape index (κ1) is 15.4. The number of sulfone groups is 1. The van der Waals surface area contributed by atoms with E-state index in [4.69, 9.17) is 5.11 Å². The highest BCUT2D eigenvalue weighted by Gasteiger charge is 2.28. The van der Waals surface area contributed by atoms with Gasteiger partial charge in [0.05, 0.1) is 18.1 Å². The van der Waals surface area contributed by atoms with Crippen LogP contribution in [0.4, 0.5) is 0 Å². The molecule has 1 amide bonds. The normalized spacial score (nSPS) is 22.3. The van der Waals surface area contributed by atoms with Gasteiger partial charge in [0, 0.05) is 19.2 Å². The first-order valence-electron chi connectivity index (χ1n) is 6.30. The quantitative estimate of drug-likeness (QED) is 0.623. The van der Waals surface area contributed by atoms with Gasteiger partial charge in [0.1, 0.15) is 0 Å². The second kappa shape index (κ2) is 7.06. The van der Waals surface area contributed by atoms with E-state index in [0.717, 1.165) is 6.54 Å². The van der Waals surface area contributed by atoms with Gasteiger partial charge in [-0.15, -0.1) is 0 Å². The minimum absolute atomic E-state index is 0.0570. The van der Waals surface area contributed by atoms with E-state index in [1.807, 2.05) is 11.8 Å². The highest BCUT2D eigenvalue weighted by molar-refractivity contribution is 7.91. The summed E-state index contributed by atoms with van der Waals surface area (Å²) in [4.78, 5) is 13.7. The molecule has 0 aromatic rings. The maximum absolute atomic E-state index is 11.7. The Balaban J connectivity index is 2.32. The summed E-state index contributed by atoms with van der Waals surface area (Å²) in [5, 5.41) is 11.5. The molecule has 0 saturated carbocycles. The van der Waals surface area contributed by atoms with Crippen molar-refractivity contribution in [2.45, 2.75) is 25.8 Å². The molecule has 106 valence electrons. The van der Waals surface area contributed by atoms with Gasteiger partial charge in [0.15, 0.2) is 9.84 Å². The van der Waals surface area contributed by atoms with Crippen LogP contribution in [-0.2, 0) is 14.6 Å². The lowest BCUT2D eigenvalue weighted by Gasteiger charge is -2.20. The zero-order valence-corrected chi connectivity index (χ0v) is 11.6. The molecule has 1 fully saturated rings. The molecule has 0 spiro atoms. The number of aliphatic hydroxyl groups excluding tert-OH is 1. The standard InChI is InChI=1S/C11H22N2O4S/c1-2-13(5-3-6-14)8-11(15)12-10-4-7-18(16,17)9-10/h10,14H,2-9H2,1H3,(H,12,15). The summed E-state index contributed by atoms with van der Waals surface area (Å²) in [7, 11) is -2.95. The van der Waals surface area contributed by atoms with Crippen LogP contribution in [0.15, 0.2) is 0 Å². The van der Waals surface area contributed by atoms with Crippen LogP contribution in [0.2, 0.25) is 0 Å². The van der Waals surface area contributed by atoms with Crippen LogP contribution < -0.4 is 5.32 Å². The van der Waals surface area contributed by atoms with Crippen LogP contribution in [0.1, 0.15) is 19.8 Å². The van der Waals surface area contributed by atoms with E-state index < -0.39 is 9.84 Å². The Kier molecular flexibility index (Phi) is 6.04. The lowest BCUT2D eigenvalue weighted by molar-refractivity contribution is -0.122. The van der Waals surface area contributed by atoms with Crippen molar-refractivity contribution in [2.75, 3.05) is 37.7 Å². The summed E-state index contributed by atoms with van der Waals surface area (Å²) in [6.45, 7) is 3.72. The summed E-state index contributed by atoms with van der Waals surface area (Å²) < 4.78 is 22.5. The molecular formula is C11H22N2O4S. The lowest BCUT2D eigenvalue weighted by Crippen LogP contribution is -2.43. The Labute approximate surface area is 108 Å². The zero-order chi connectivity index (χ0) is 13.6. The van der Waals surface area contributed by atoms with Crippen LogP contribution in [0.25, 0.3) is 0 Å². The number of nitrogens with one attached hydrogen (secondary N) is 1. The average molecular weight is 278 g/mol. The van der Waals surface area contributed by atoms with E-state index >= 15 is 0 Å². The van der Waals surface area contributed by atoms with Gasteiger partial charge in [0.2, 0.25) is 5.91 Å². The first-order chi connectivity index (χ1) is 8.46. The van der Waals surface area contributed by atoms with Gasteiger partial charge in [-0.05, 0) is 19.4 Å². The second-order valence-corrected chi connectivity index (χ2v) is 6.84. The molecule has 0 bridgehead atoms. The van der Waals surface area contributed by atoms with E-state index in [2.05, 4.69) is 5.32 Å². The number of carbonyl (C=O) groups excluding carboxylic acids is 1. The third-order valence-corrected chi connectivity index (χ3v) is 4.81. The summed E-state index contributed by atoms with van der Waals surface area (Å²) in [6, 6.07) is -0.237. The summed E-state index contributed by atoms with van der Waals surface area (Å²) in [5.41, 5.74) is 0. The van der Waals surface area contributed by atoms with E-state index in [1.165, 1.54) is 0 Å². The minimum atomic E-state index is -2.95. The molecule has 1 aliphatic rings. The fourth-order valence-electron chi connectivity index (χ4n) is 2.03. The molecule has 0 aromatic heterocycles. The number of nitrogens with zero attached hydrogens (tertiary/aromatic N) is 1. The van der Waals surface area contributed by atoms with Gasteiger partial charge in [-0.3, -0.25) is 9.69 Å². The fraction of sp³-hybridized carbons (Fsp3) is 0.909. The van der Waals surface area contributed by atoms with Gasteiger partial charge < -0.3 is 10.4 Å². The Morgan fingerprint density at radius 3 is 2.72 bits per heavy atom. The van der Waals surface area contributed by atoms with E-state index in [9.17, 15) is 13.2 Å². The molecule has 18 heavy (non-hydrogen) atoms. The number of hydrogen-bond donors (Lipinski definition) is 2. The Morgan fingerprint density at radius 1 is 1.50 bits per heavy atom. The number of likely N-dealkylation sites (N-methyl/N-ethyl adjacent to an activating group) is 1. The van der Waals surface area contributed by atoms with Gasteiger partial charge >= 0.3 is 0 Å². The SMILES string of the molecule is CCN(CCCO)CC(=O)NC1CCS(=O)(=O)C1. The van der Waals surface area contributed by atoms with Crippen molar-refractivity contribution < 1.29 is 18.3 Å². The maximum Gasteiger partial charge on any atom is 0.234 e. The van der Waals surface area contributed by atoms with E-state index in [0.29, 0.717) is 19.4 Å². The van der Waals surface area contributed by atoms with Crippen molar-refractivity contribution in [3.05, 3.63) is 0 Å². The highest BCUT2D eigenvalue weighted by atomic mass is 32.2. The van der Waals surface area contributed by atoms with Crippen molar-refractivity contribution in [1.82, 2.24) is 10.2 Å². The fourth-order valence-corrected chi connectivity index (χ4v) is 3.70. The molecule has 7 heteroatoms. The first-order valence-corrected chi connectivity index (χ1v) is 8.12. The molecule has 0 radical (unpaired) electrons. The van der Waals surface area contributed by atoms with Gasteiger partial charge in [0.25, 0.3) is 0 Å². The number of amides is 1. The molecule has 1 unspecified atom stereocenters. The topological polar surface area (TPSA) is 86.7 Å². The van der Waals surface area contributed by atoms with E-state index in [-0.39, 0.29) is 36.6 Å². The Bertz CT molecular complexity index is 369. The molecule has 0 aliphatic carbocycles. The van der Waals surface area contributed by atoms with Crippen molar-refractivity contribution in [3.8, 4) is 0 Å². The molecule has 1 aliphatic heterocycles. The lowest BCUT2D eigenvalue weighted by atomic mass is 10.2. The molecule has 1 heterocycles.